The highest BCUT2D eigenvalue weighted by molar-refractivity contribution is 5.96. The molecule has 2 aromatic heterocycles. The first-order valence-corrected chi connectivity index (χ1v) is 10.8. The zero-order valence-corrected chi connectivity index (χ0v) is 18.6. The monoisotopic (exact) mass is 443 g/mol. The second kappa shape index (κ2) is 8.55. The number of carbonyl (C=O) groups excluding carboxylic acids is 1. The van der Waals surface area contributed by atoms with Crippen LogP contribution in [0.4, 0.5) is 0 Å². The molecule has 1 aliphatic rings. The highest BCUT2D eigenvalue weighted by Crippen LogP contribution is 2.32. The minimum atomic E-state index is 0.0692. The van der Waals surface area contributed by atoms with Gasteiger partial charge in [0.1, 0.15) is 0 Å². The second-order valence-electron chi connectivity index (χ2n) is 8.23. The molecular weight excluding hydrogens is 418 g/mol. The SMILES string of the molecule is COc1cc(-c2ccc3c(-c4ccc(C(=O)N5CCN(C)CC5)cc4)[nH]nc3n2)ccc1O. The summed E-state index contributed by atoms with van der Waals surface area (Å²) in [6.45, 7) is 3.30. The van der Waals surface area contributed by atoms with Gasteiger partial charge in [-0.1, -0.05) is 12.1 Å². The molecule has 0 radical (unpaired) electrons. The molecule has 5 rings (SSSR count). The molecule has 0 aliphatic carbocycles. The van der Waals surface area contributed by atoms with Crippen molar-refractivity contribution < 1.29 is 14.6 Å². The van der Waals surface area contributed by atoms with E-state index in [1.54, 1.807) is 18.2 Å². The molecule has 4 aromatic rings. The number of phenols is 1. The molecular formula is C25H25N5O3. The number of pyridine rings is 1. The first-order valence-electron chi connectivity index (χ1n) is 10.8. The number of hydrogen-bond donors (Lipinski definition) is 2. The summed E-state index contributed by atoms with van der Waals surface area (Å²) in [6, 6.07) is 16.6. The summed E-state index contributed by atoms with van der Waals surface area (Å²) < 4.78 is 5.20. The Morgan fingerprint density at radius 3 is 2.45 bits per heavy atom. The smallest absolute Gasteiger partial charge is 0.253 e. The van der Waals surface area contributed by atoms with Crippen LogP contribution in [0, 0.1) is 0 Å². The Bertz CT molecular complexity index is 1310. The molecule has 0 bridgehead atoms. The molecule has 0 spiro atoms. The lowest BCUT2D eigenvalue weighted by atomic mass is 10.0. The van der Waals surface area contributed by atoms with Crippen LogP contribution >= 0.6 is 0 Å². The Morgan fingerprint density at radius 2 is 1.73 bits per heavy atom. The molecule has 2 aromatic carbocycles. The van der Waals surface area contributed by atoms with Crippen molar-refractivity contribution in [3.05, 3.63) is 60.2 Å². The minimum Gasteiger partial charge on any atom is -0.504 e. The van der Waals surface area contributed by atoms with Gasteiger partial charge in [-0.2, -0.15) is 5.10 Å². The minimum absolute atomic E-state index is 0.0692. The van der Waals surface area contributed by atoms with Gasteiger partial charge >= 0.3 is 0 Å². The van der Waals surface area contributed by atoms with E-state index in [1.807, 2.05) is 41.3 Å². The Balaban J connectivity index is 1.40. The van der Waals surface area contributed by atoms with Crippen molar-refractivity contribution in [3.8, 4) is 34.0 Å². The molecule has 1 amide bonds. The standard InChI is InChI=1S/C25H25N5O3/c1-29-11-13-30(14-12-29)25(32)17-5-3-16(4-6-17)23-19-8-9-20(26-24(19)28-27-23)18-7-10-21(31)22(15-18)33-2/h3-10,15,31H,11-14H2,1-2H3,(H,26,27,28). The second-order valence-corrected chi connectivity index (χ2v) is 8.23. The summed E-state index contributed by atoms with van der Waals surface area (Å²) in [6.07, 6.45) is 0. The van der Waals surface area contributed by atoms with Gasteiger partial charge in [-0.15, -0.1) is 0 Å². The van der Waals surface area contributed by atoms with Crippen molar-refractivity contribution in [3.63, 3.8) is 0 Å². The number of hydrogen-bond acceptors (Lipinski definition) is 6. The Hall–Kier alpha value is -3.91. The number of benzene rings is 2. The van der Waals surface area contributed by atoms with Gasteiger partial charge in [-0.3, -0.25) is 9.89 Å². The summed E-state index contributed by atoms with van der Waals surface area (Å²) >= 11 is 0. The molecule has 8 nitrogen and oxygen atoms in total. The van der Waals surface area contributed by atoms with Crippen LogP contribution in [0.3, 0.4) is 0 Å². The van der Waals surface area contributed by atoms with E-state index in [0.29, 0.717) is 17.0 Å². The number of H-pyrrole nitrogens is 1. The molecule has 1 fully saturated rings. The third-order valence-corrected chi connectivity index (χ3v) is 6.10. The normalized spacial score (nSPS) is 14.5. The average molecular weight is 444 g/mol. The number of likely N-dealkylation sites (N-methyl/N-ethyl adjacent to an activating group) is 1. The van der Waals surface area contributed by atoms with Gasteiger partial charge in [-0.05, 0) is 49.5 Å². The highest BCUT2D eigenvalue weighted by Gasteiger charge is 2.20. The topological polar surface area (TPSA) is 94.6 Å². The summed E-state index contributed by atoms with van der Waals surface area (Å²) in [5, 5.41) is 18.2. The van der Waals surface area contributed by atoms with Crippen LogP contribution in [0.5, 0.6) is 11.5 Å². The number of aromatic nitrogens is 3. The van der Waals surface area contributed by atoms with Gasteiger partial charge in [0.25, 0.3) is 5.91 Å². The van der Waals surface area contributed by atoms with Crippen LogP contribution in [0.2, 0.25) is 0 Å². The van der Waals surface area contributed by atoms with Gasteiger partial charge in [0.15, 0.2) is 17.1 Å². The van der Waals surface area contributed by atoms with E-state index in [0.717, 1.165) is 54.1 Å². The number of phenolic OH excluding ortho intramolecular Hbond substituents is 1. The molecule has 1 aliphatic heterocycles. The highest BCUT2D eigenvalue weighted by atomic mass is 16.5. The summed E-state index contributed by atoms with van der Waals surface area (Å²) in [5.41, 5.74) is 4.62. The Labute approximate surface area is 191 Å². The van der Waals surface area contributed by atoms with Crippen LogP contribution in [-0.2, 0) is 0 Å². The zero-order valence-electron chi connectivity index (χ0n) is 18.6. The van der Waals surface area contributed by atoms with Gasteiger partial charge in [0.05, 0.1) is 18.5 Å². The number of carbonyl (C=O) groups is 1. The third-order valence-electron chi connectivity index (χ3n) is 6.10. The maximum absolute atomic E-state index is 12.8. The molecule has 2 N–H and O–H groups in total. The van der Waals surface area contributed by atoms with E-state index in [2.05, 4.69) is 27.1 Å². The van der Waals surface area contributed by atoms with E-state index in [1.165, 1.54) is 7.11 Å². The quantitative estimate of drug-likeness (QED) is 0.502. The number of piperazine rings is 1. The molecule has 3 heterocycles. The number of nitrogens with one attached hydrogen (secondary N) is 1. The van der Waals surface area contributed by atoms with Crippen molar-refractivity contribution in [1.29, 1.82) is 0 Å². The van der Waals surface area contributed by atoms with Crippen molar-refractivity contribution >= 4 is 16.9 Å². The number of aromatic amines is 1. The predicted octanol–water partition coefficient (Wildman–Crippen LogP) is 3.39. The molecule has 8 heteroatoms. The summed E-state index contributed by atoms with van der Waals surface area (Å²) in [5.74, 6) is 0.544. The van der Waals surface area contributed by atoms with Crippen LogP contribution < -0.4 is 4.74 Å². The van der Waals surface area contributed by atoms with Crippen molar-refractivity contribution in [2.24, 2.45) is 0 Å². The van der Waals surface area contributed by atoms with Crippen molar-refractivity contribution in [2.75, 3.05) is 40.3 Å². The van der Waals surface area contributed by atoms with Gasteiger partial charge in [0.2, 0.25) is 0 Å². The average Bonchev–Trinajstić information content (AvgIpc) is 3.28. The number of amides is 1. The van der Waals surface area contributed by atoms with Gasteiger partial charge in [-0.25, -0.2) is 4.98 Å². The molecule has 0 unspecified atom stereocenters. The van der Waals surface area contributed by atoms with Crippen LogP contribution in [0.15, 0.2) is 54.6 Å². The van der Waals surface area contributed by atoms with E-state index >= 15 is 0 Å². The molecule has 33 heavy (non-hydrogen) atoms. The van der Waals surface area contributed by atoms with Crippen molar-refractivity contribution in [2.45, 2.75) is 0 Å². The maximum atomic E-state index is 12.8. The number of nitrogens with zero attached hydrogens (tertiary/aromatic N) is 4. The molecule has 1 saturated heterocycles. The van der Waals surface area contributed by atoms with Crippen LogP contribution in [-0.4, -0.2) is 76.3 Å². The first-order chi connectivity index (χ1) is 16.0. The van der Waals surface area contributed by atoms with E-state index in [-0.39, 0.29) is 11.7 Å². The van der Waals surface area contributed by atoms with Crippen LogP contribution in [0.1, 0.15) is 10.4 Å². The molecule has 0 saturated carbocycles. The summed E-state index contributed by atoms with van der Waals surface area (Å²) in [7, 11) is 3.59. The maximum Gasteiger partial charge on any atom is 0.253 e. The lowest BCUT2D eigenvalue weighted by Crippen LogP contribution is -2.47. The number of methoxy groups -OCH3 is 1. The number of ether oxygens (including phenoxy) is 1. The fourth-order valence-electron chi connectivity index (χ4n) is 4.09. The number of aromatic hydroxyl groups is 1. The fraction of sp³-hybridized carbons (Fsp3) is 0.240. The number of fused-ring (bicyclic) bond motifs is 1. The summed E-state index contributed by atoms with van der Waals surface area (Å²) in [4.78, 5) is 21.6. The van der Waals surface area contributed by atoms with Gasteiger partial charge < -0.3 is 19.6 Å². The number of rotatable bonds is 4. The van der Waals surface area contributed by atoms with Crippen molar-refractivity contribution in [1.82, 2.24) is 25.0 Å². The van der Waals surface area contributed by atoms with E-state index in [9.17, 15) is 9.90 Å². The van der Waals surface area contributed by atoms with E-state index in [4.69, 9.17) is 4.74 Å². The third kappa shape index (κ3) is 4.01. The molecule has 168 valence electrons. The fourth-order valence-corrected chi connectivity index (χ4v) is 4.09. The predicted molar refractivity (Wildman–Crippen MR) is 126 cm³/mol. The van der Waals surface area contributed by atoms with Gasteiger partial charge in [0, 0.05) is 48.3 Å². The Kier molecular flexibility index (Phi) is 5.43. The first kappa shape index (κ1) is 21.0. The Morgan fingerprint density at radius 1 is 1.00 bits per heavy atom. The lowest BCUT2D eigenvalue weighted by Gasteiger charge is -2.32. The van der Waals surface area contributed by atoms with E-state index < -0.39 is 0 Å². The largest absolute Gasteiger partial charge is 0.504 e. The molecule has 0 atom stereocenters. The van der Waals surface area contributed by atoms with Crippen LogP contribution in [0.25, 0.3) is 33.5 Å². The lowest BCUT2D eigenvalue weighted by molar-refractivity contribution is 0.0664. The zero-order chi connectivity index (χ0) is 22.9.